The molecule has 5 heteroatoms. The molecule has 31 heavy (non-hydrogen) atoms. The molecule has 0 aliphatic carbocycles. The van der Waals surface area contributed by atoms with Crippen molar-refractivity contribution in [3.05, 3.63) is 64.8 Å². The van der Waals surface area contributed by atoms with Crippen molar-refractivity contribution >= 4 is 10.9 Å². The third-order valence-electron chi connectivity index (χ3n) is 7.36. The second-order valence-electron chi connectivity index (χ2n) is 9.51. The quantitative estimate of drug-likeness (QED) is 0.667. The number of hydrogen-bond donors (Lipinski definition) is 2. The normalized spacial score (nSPS) is 21.8. The molecule has 164 valence electrons. The highest BCUT2D eigenvalue weighted by Gasteiger charge is 2.43. The number of ether oxygens (including phenoxy) is 1. The number of benzene rings is 2. The maximum absolute atomic E-state index is 11.0. The number of likely N-dealkylation sites (tertiary alicyclic amines) is 1. The fourth-order valence-electron chi connectivity index (χ4n) is 5.33. The van der Waals surface area contributed by atoms with E-state index >= 15 is 0 Å². The summed E-state index contributed by atoms with van der Waals surface area (Å²) in [5, 5.41) is 22.9. The van der Waals surface area contributed by atoms with Gasteiger partial charge in [0.15, 0.2) is 0 Å². The van der Waals surface area contributed by atoms with Gasteiger partial charge >= 0.3 is 0 Å². The van der Waals surface area contributed by atoms with Gasteiger partial charge in [0.25, 0.3) is 0 Å². The third kappa shape index (κ3) is 3.65. The summed E-state index contributed by atoms with van der Waals surface area (Å²) in [5.74, 6) is 0.839. The third-order valence-corrected chi connectivity index (χ3v) is 7.36. The van der Waals surface area contributed by atoms with Gasteiger partial charge in [-0.1, -0.05) is 18.2 Å². The summed E-state index contributed by atoms with van der Waals surface area (Å²) in [6.07, 6.45) is 3.41. The Bertz CT molecular complexity index is 1110. The van der Waals surface area contributed by atoms with Crippen LogP contribution in [0.3, 0.4) is 0 Å². The molecule has 2 aliphatic rings. The predicted molar refractivity (Wildman–Crippen MR) is 122 cm³/mol. The van der Waals surface area contributed by atoms with Gasteiger partial charge < -0.3 is 24.4 Å². The maximum atomic E-state index is 11.0. The van der Waals surface area contributed by atoms with Crippen LogP contribution in [-0.2, 0) is 7.05 Å². The number of β-amino-alcohol motifs (C(OH)–C–C–N with tert-alkyl or cyclic N) is 1. The Morgan fingerprint density at radius 2 is 1.84 bits per heavy atom. The second kappa shape index (κ2) is 7.66. The number of aromatic nitrogens is 1. The number of fused-ring (bicyclic) bond motifs is 2. The predicted octanol–water partition coefficient (Wildman–Crippen LogP) is 4.18. The fraction of sp³-hybridized carbons (Fsp3) is 0.462. The van der Waals surface area contributed by atoms with Gasteiger partial charge in [-0.05, 0) is 56.0 Å². The average molecular weight is 421 g/mol. The van der Waals surface area contributed by atoms with Crippen molar-refractivity contribution < 1.29 is 14.9 Å². The van der Waals surface area contributed by atoms with Crippen LogP contribution in [0.2, 0.25) is 0 Å². The van der Waals surface area contributed by atoms with Crippen LogP contribution in [-0.4, -0.2) is 44.9 Å². The molecule has 1 aromatic heterocycles. The summed E-state index contributed by atoms with van der Waals surface area (Å²) in [6, 6.07) is 12.4. The number of piperidine rings is 1. The van der Waals surface area contributed by atoms with Crippen LogP contribution >= 0.6 is 0 Å². The molecule has 1 fully saturated rings. The summed E-state index contributed by atoms with van der Waals surface area (Å²) in [5.41, 5.74) is 5.12. The zero-order chi connectivity index (χ0) is 21.8. The highest BCUT2D eigenvalue weighted by Crippen LogP contribution is 2.45. The standard InChI is InChI=1S/C26H32N2O3/c1-17-12-20-23(29)14-26(31-25(20)13-18(17)2)8-10-28(11-9-26)16-24(30)21-15-27(3)22-7-5-4-6-19(21)22/h4-7,12-13,15,23-24,29-30H,8-11,14,16H2,1-3H3/t23-,24-/m1/s1. The summed E-state index contributed by atoms with van der Waals surface area (Å²) >= 11 is 0. The molecule has 0 saturated carbocycles. The zero-order valence-electron chi connectivity index (χ0n) is 18.6. The number of para-hydroxylation sites is 1. The Morgan fingerprint density at radius 3 is 2.61 bits per heavy atom. The lowest BCUT2D eigenvalue weighted by Gasteiger charge is -2.46. The molecule has 2 aromatic carbocycles. The van der Waals surface area contributed by atoms with Gasteiger partial charge in [0.05, 0.1) is 12.2 Å². The van der Waals surface area contributed by atoms with E-state index in [-0.39, 0.29) is 5.60 Å². The minimum atomic E-state index is -0.524. The molecule has 0 unspecified atom stereocenters. The van der Waals surface area contributed by atoms with Gasteiger partial charge in [0.1, 0.15) is 11.4 Å². The van der Waals surface area contributed by atoms with E-state index in [1.54, 1.807) is 0 Å². The van der Waals surface area contributed by atoms with Crippen LogP contribution in [0.1, 0.15) is 53.7 Å². The Hall–Kier alpha value is -2.34. The first-order valence-electron chi connectivity index (χ1n) is 11.3. The van der Waals surface area contributed by atoms with E-state index in [1.165, 1.54) is 11.1 Å². The molecule has 0 radical (unpaired) electrons. The molecule has 0 amide bonds. The van der Waals surface area contributed by atoms with Crippen molar-refractivity contribution in [1.29, 1.82) is 0 Å². The lowest BCUT2D eigenvalue weighted by molar-refractivity contribution is -0.0588. The number of hydrogen-bond acceptors (Lipinski definition) is 4. The van der Waals surface area contributed by atoms with Crippen LogP contribution in [0.5, 0.6) is 5.75 Å². The van der Waals surface area contributed by atoms with Crippen molar-refractivity contribution in [2.75, 3.05) is 19.6 Å². The molecule has 2 N–H and O–H groups in total. The van der Waals surface area contributed by atoms with Gasteiger partial charge in [-0.25, -0.2) is 0 Å². The molecule has 5 nitrogen and oxygen atoms in total. The van der Waals surface area contributed by atoms with Crippen molar-refractivity contribution in [2.45, 2.75) is 50.9 Å². The maximum Gasteiger partial charge on any atom is 0.126 e. The average Bonchev–Trinajstić information content (AvgIpc) is 3.09. The number of aliphatic hydroxyl groups is 2. The van der Waals surface area contributed by atoms with E-state index < -0.39 is 12.2 Å². The van der Waals surface area contributed by atoms with Crippen molar-refractivity contribution in [2.24, 2.45) is 7.05 Å². The molecule has 3 aromatic rings. The molecule has 5 rings (SSSR count). The van der Waals surface area contributed by atoms with E-state index in [1.807, 2.05) is 25.4 Å². The van der Waals surface area contributed by atoms with E-state index in [0.29, 0.717) is 13.0 Å². The molecule has 1 spiro atoms. The summed E-state index contributed by atoms with van der Waals surface area (Å²) in [7, 11) is 2.02. The van der Waals surface area contributed by atoms with E-state index in [9.17, 15) is 10.2 Å². The zero-order valence-corrected chi connectivity index (χ0v) is 18.6. The summed E-state index contributed by atoms with van der Waals surface area (Å²) in [4.78, 5) is 2.32. The number of aliphatic hydroxyl groups excluding tert-OH is 2. The van der Waals surface area contributed by atoms with Crippen LogP contribution < -0.4 is 4.74 Å². The molecule has 2 aliphatic heterocycles. The van der Waals surface area contributed by atoms with E-state index in [4.69, 9.17) is 4.74 Å². The van der Waals surface area contributed by atoms with E-state index in [2.05, 4.69) is 47.6 Å². The molecule has 2 atom stereocenters. The minimum absolute atomic E-state index is 0.311. The van der Waals surface area contributed by atoms with Gasteiger partial charge in [-0.15, -0.1) is 0 Å². The number of nitrogens with zero attached hydrogens (tertiary/aromatic N) is 2. The first-order chi connectivity index (χ1) is 14.8. The first-order valence-corrected chi connectivity index (χ1v) is 11.3. The van der Waals surface area contributed by atoms with Crippen LogP contribution in [0.25, 0.3) is 10.9 Å². The SMILES string of the molecule is Cc1cc2c(cc1C)[C@H](O)CC1(CCN(C[C@@H](O)c3cn(C)c4ccccc34)CC1)O2. The largest absolute Gasteiger partial charge is 0.487 e. The van der Waals surface area contributed by atoms with Crippen molar-refractivity contribution in [3.8, 4) is 5.75 Å². The van der Waals surface area contributed by atoms with Crippen LogP contribution in [0, 0.1) is 13.8 Å². The van der Waals surface area contributed by atoms with Crippen molar-refractivity contribution in [3.63, 3.8) is 0 Å². The first kappa shape index (κ1) is 20.6. The summed E-state index contributed by atoms with van der Waals surface area (Å²) in [6.45, 7) is 6.49. The Labute approximate surface area is 183 Å². The molecule has 3 heterocycles. The minimum Gasteiger partial charge on any atom is -0.487 e. The molecule has 1 saturated heterocycles. The van der Waals surface area contributed by atoms with Gasteiger partial charge in [0, 0.05) is 61.3 Å². The molecular weight excluding hydrogens is 388 g/mol. The van der Waals surface area contributed by atoms with Gasteiger partial charge in [-0.2, -0.15) is 0 Å². The Balaban J connectivity index is 1.28. The second-order valence-corrected chi connectivity index (χ2v) is 9.51. The van der Waals surface area contributed by atoms with Crippen molar-refractivity contribution in [1.82, 2.24) is 9.47 Å². The number of aryl methyl sites for hydroxylation is 3. The highest BCUT2D eigenvalue weighted by atomic mass is 16.5. The Morgan fingerprint density at radius 1 is 1.13 bits per heavy atom. The molecule has 0 bridgehead atoms. The number of rotatable bonds is 3. The van der Waals surface area contributed by atoms with E-state index in [0.717, 1.165) is 53.7 Å². The fourth-order valence-corrected chi connectivity index (χ4v) is 5.33. The smallest absolute Gasteiger partial charge is 0.126 e. The van der Waals surface area contributed by atoms with Gasteiger partial charge in [0.2, 0.25) is 0 Å². The summed E-state index contributed by atoms with van der Waals surface area (Å²) < 4.78 is 8.59. The van der Waals surface area contributed by atoms with Crippen LogP contribution in [0.15, 0.2) is 42.6 Å². The highest BCUT2D eigenvalue weighted by molar-refractivity contribution is 5.84. The molecular formula is C26H32N2O3. The Kier molecular flexibility index (Phi) is 5.08. The lowest BCUT2D eigenvalue weighted by atomic mass is 9.81. The lowest BCUT2D eigenvalue weighted by Crippen LogP contribution is -2.51. The topological polar surface area (TPSA) is 57.9 Å². The van der Waals surface area contributed by atoms with Gasteiger partial charge in [-0.3, -0.25) is 0 Å². The van der Waals surface area contributed by atoms with Crippen LogP contribution in [0.4, 0.5) is 0 Å². The monoisotopic (exact) mass is 420 g/mol.